The summed E-state index contributed by atoms with van der Waals surface area (Å²) in [5, 5.41) is 0.720. The van der Waals surface area contributed by atoms with Gasteiger partial charge in [-0.1, -0.05) is 127 Å². The van der Waals surface area contributed by atoms with Crippen LogP contribution in [0.5, 0.6) is 0 Å². The van der Waals surface area contributed by atoms with E-state index in [1.54, 1.807) is 0 Å². The van der Waals surface area contributed by atoms with Gasteiger partial charge in [0, 0.05) is 27.9 Å². The predicted octanol–water partition coefficient (Wildman–Crippen LogP) is 10.1. The van der Waals surface area contributed by atoms with Gasteiger partial charge in [0.05, 0.1) is 5.69 Å². The molecular formula is C35H26ClN. The van der Waals surface area contributed by atoms with Gasteiger partial charge in [-0.2, -0.15) is 0 Å². The van der Waals surface area contributed by atoms with E-state index < -0.39 is 0 Å². The summed E-state index contributed by atoms with van der Waals surface area (Å²) >= 11 is 6.61. The van der Waals surface area contributed by atoms with E-state index in [0.717, 1.165) is 51.4 Å². The Kier molecular flexibility index (Phi) is 6.54. The van der Waals surface area contributed by atoms with E-state index in [2.05, 4.69) is 91.0 Å². The van der Waals surface area contributed by atoms with Gasteiger partial charge >= 0.3 is 0 Å². The van der Waals surface area contributed by atoms with Crippen LogP contribution in [-0.2, 0) is 0 Å². The van der Waals surface area contributed by atoms with Gasteiger partial charge in [-0.3, -0.25) is 4.98 Å². The van der Waals surface area contributed by atoms with Crippen LogP contribution in [0.25, 0.3) is 50.2 Å². The molecular weight excluding hydrogens is 470 g/mol. The van der Waals surface area contributed by atoms with Crippen LogP contribution in [0.2, 0.25) is 5.02 Å². The van der Waals surface area contributed by atoms with Crippen LogP contribution in [0.15, 0.2) is 134 Å². The highest BCUT2D eigenvalue weighted by atomic mass is 35.5. The second-order valence-corrected chi connectivity index (χ2v) is 9.66. The van der Waals surface area contributed by atoms with Crippen molar-refractivity contribution in [1.29, 1.82) is 0 Å². The molecule has 0 unspecified atom stereocenters. The van der Waals surface area contributed by atoms with Crippen LogP contribution in [-0.4, -0.2) is 4.98 Å². The topological polar surface area (TPSA) is 12.9 Å². The number of halogens is 1. The molecule has 0 N–H and O–H groups in total. The summed E-state index contributed by atoms with van der Waals surface area (Å²) in [6.07, 6.45) is 11.0. The number of hydrogen-bond acceptors (Lipinski definition) is 1. The van der Waals surface area contributed by atoms with Crippen molar-refractivity contribution < 1.29 is 0 Å². The molecule has 2 heteroatoms. The lowest BCUT2D eigenvalue weighted by Gasteiger charge is -2.14. The molecule has 1 aliphatic rings. The molecule has 0 amide bonds. The SMILES string of the molecule is Clc1ccccc1-c1cnc(-c2ccccc2)cc1-c1ccc(-c2ccc(C3=CCCC=C3)cc2)cc1. The van der Waals surface area contributed by atoms with Crippen LogP contribution in [0.3, 0.4) is 0 Å². The monoisotopic (exact) mass is 495 g/mol. The van der Waals surface area contributed by atoms with Crippen LogP contribution < -0.4 is 0 Å². The van der Waals surface area contributed by atoms with Crippen molar-refractivity contribution in [2.45, 2.75) is 12.8 Å². The summed E-state index contributed by atoms with van der Waals surface area (Å²) in [6.45, 7) is 0. The Labute approximate surface area is 223 Å². The highest BCUT2D eigenvalue weighted by Crippen LogP contribution is 2.38. The first-order chi connectivity index (χ1) is 18.3. The van der Waals surface area contributed by atoms with Gasteiger partial charge in [0.25, 0.3) is 0 Å². The normalized spacial score (nSPS) is 12.8. The fourth-order valence-electron chi connectivity index (χ4n) is 4.88. The van der Waals surface area contributed by atoms with E-state index in [0.29, 0.717) is 0 Å². The molecule has 6 rings (SSSR count). The van der Waals surface area contributed by atoms with Crippen molar-refractivity contribution in [2.24, 2.45) is 0 Å². The first-order valence-corrected chi connectivity index (χ1v) is 13.0. The second-order valence-electron chi connectivity index (χ2n) is 9.25. The number of pyridine rings is 1. The lowest BCUT2D eigenvalue weighted by atomic mass is 9.93. The fraction of sp³-hybridized carbons (Fsp3) is 0.0571. The number of allylic oxidation sites excluding steroid dienone is 4. The van der Waals surface area contributed by atoms with Crippen molar-refractivity contribution in [3.05, 3.63) is 144 Å². The lowest BCUT2D eigenvalue weighted by molar-refractivity contribution is 1.04. The Hall–Kier alpha value is -4.20. The minimum absolute atomic E-state index is 0.720. The zero-order valence-corrected chi connectivity index (χ0v) is 21.2. The Bertz CT molecular complexity index is 1590. The maximum Gasteiger partial charge on any atom is 0.0708 e. The average molecular weight is 496 g/mol. The summed E-state index contributed by atoms with van der Waals surface area (Å²) < 4.78 is 0. The van der Waals surface area contributed by atoms with Gasteiger partial charge in [-0.15, -0.1) is 0 Å². The fourth-order valence-corrected chi connectivity index (χ4v) is 5.12. The first-order valence-electron chi connectivity index (χ1n) is 12.6. The second kappa shape index (κ2) is 10.4. The van der Waals surface area contributed by atoms with Crippen molar-refractivity contribution >= 4 is 17.2 Å². The standard InChI is InChI=1S/C35H26ClN/c36-34-14-8-7-13-31(34)33-24-37-35(30-11-5-2-6-12-30)23-32(33)29-21-19-28(20-22-29)27-17-15-26(16-18-27)25-9-3-1-4-10-25/h2-3,5-24H,1,4H2. The molecule has 5 aromatic rings. The van der Waals surface area contributed by atoms with Crippen LogP contribution in [0, 0.1) is 0 Å². The van der Waals surface area contributed by atoms with Crippen LogP contribution in [0.4, 0.5) is 0 Å². The Morgan fingerprint density at radius 1 is 0.541 bits per heavy atom. The van der Waals surface area contributed by atoms with Gasteiger partial charge in [-0.25, -0.2) is 0 Å². The van der Waals surface area contributed by atoms with E-state index in [1.807, 2.05) is 42.6 Å². The molecule has 37 heavy (non-hydrogen) atoms. The summed E-state index contributed by atoms with van der Waals surface area (Å²) in [7, 11) is 0. The molecule has 1 heterocycles. The third-order valence-corrected chi connectivity index (χ3v) is 7.21. The van der Waals surface area contributed by atoms with E-state index in [4.69, 9.17) is 16.6 Å². The van der Waals surface area contributed by atoms with Crippen LogP contribution in [0.1, 0.15) is 18.4 Å². The summed E-state index contributed by atoms with van der Waals surface area (Å²) in [5.74, 6) is 0. The van der Waals surface area contributed by atoms with Gasteiger partial charge in [0.15, 0.2) is 0 Å². The molecule has 1 aliphatic carbocycles. The van der Waals surface area contributed by atoms with E-state index in [1.165, 1.54) is 22.3 Å². The molecule has 0 atom stereocenters. The number of nitrogens with zero attached hydrogens (tertiary/aromatic N) is 1. The molecule has 4 aromatic carbocycles. The van der Waals surface area contributed by atoms with Crippen molar-refractivity contribution in [3.8, 4) is 44.6 Å². The maximum atomic E-state index is 6.61. The van der Waals surface area contributed by atoms with Crippen LogP contribution >= 0.6 is 11.6 Å². The lowest BCUT2D eigenvalue weighted by Crippen LogP contribution is -1.92. The minimum Gasteiger partial charge on any atom is -0.256 e. The van der Waals surface area contributed by atoms with Gasteiger partial charge in [-0.05, 0) is 58.4 Å². The third-order valence-electron chi connectivity index (χ3n) is 6.88. The molecule has 0 aliphatic heterocycles. The smallest absolute Gasteiger partial charge is 0.0708 e. The Morgan fingerprint density at radius 2 is 1.19 bits per heavy atom. The van der Waals surface area contributed by atoms with Gasteiger partial charge in [0.2, 0.25) is 0 Å². The number of rotatable bonds is 5. The van der Waals surface area contributed by atoms with E-state index in [-0.39, 0.29) is 0 Å². The summed E-state index contributed by atoms with van der Waals surface area (Å²) in [6, 6.07) is 38.1. The zero-order valence-electron chi connectivity index (χ0n) is 20.4. The molecule has 0 saturated carbocycles. The van der Waals surface area contributed by atoms with Gasteiger partial charge in [0.1, 0.15) is 0 Å². The largest absolute Gasteiger partial charge is 0.256 e. The van der Waals surface area contributed by atoms with E-state index >= 15 is 0 Å². The predicted molar refractivity (Wildman–Crippen MR) is 157 cm³/mol. The number of benzene rings is 4. The van der Waals surface area contributed by atoms with Crippen molar-refractivity contribution in [3.63, 3.8) is 0 Å². The minimum atomic E-state index is 0.720. The van der Waals surface area contributed by atoms with Gasteiger partial charge < -0.3 is 0 Å². The highest BCUT2D eigenvalue weighted by Gasteiger charge is 2.13. The third kappa shape index (κ3) is 4.91. The van der Waals surface area contributed by atoms with Crippen molar-refractivity contribution in [1.82, 2.24) is 4.98 Å². The Balaban J connectivity index is 1.38. The average Bonchev–Trinajstić information content (AvgIpc) is 2.98. The highest BCUT2D eigenvalue weighted by molar-refractivity contribution is 6.33. The first kappa shape index (κ1) is 23.2. The Morgan fingerprint density at radius 3 is 1.86 bits per heavy atom. The maximum absolute atomic E-state index is 6.61. The zero-order chi connectivity index (χ0) is 25.0. The summed E-state index contributed by atoms with van der Waals surface area (Å²) in [5.41, 5.74) is 11.3. The summed E-state index contributed by atoms with van der Waals surface area (Å²) in [4.78, 5) is 4.80. The molecule has 0 bridgehead atoms. The molecule has 1 aromatic heterocycles. The van der Waals surface area contributed by atoms with E-state index in [9.17, 15) is 0 Å². The molecule has 0 spiro atoms. The number of aromatic nitrogens is 1. The molecule has 0 saturated heterocycles. The molecule has 0 radical (unpaired) electrons. The quantitative estimate of drug-likeness (QED) is 0.236. The number of hydrogen-bond donors (Lipinski definition) is 0. The molecule has 1 nitrogen and oxygen atoms in total. The van der Waals surface area contributed by atoms with Crippen molar-refractivity contribution in [2.75, 3.05) is 0 Å². The molecule has 0 fully saturated rings. The molecule has 178 valence electrons.